The molecule has 0 radical (unpaired) electrons. The Hall–Kier alpha value is -1.94. The summed E-state index contributed by atoms with van der Waals surface area (Å²) >= 11 is 5.18. The first kappa shape index (κ1) is 14.5. The number of amides is 1. The Balaban J connectivity index is 2.05. The fraction of sp³-hybridized carbons (Fsp3) is 0.250. The lowest BCUT2D eigenvalue weighted by atomic mass is 10.1. The summed E-state index contributed by atoms with van der Waals surface area (Å²) in [6, 6.07) is 14.0. The fourth-order valence-corrected chi connectivity index (χ4v) is 2.24. The van der Waals surface area contributed by atoms with Crippen LogP contribution in [0.15, 0.2) is 42.5 Å². The van der Waals surface area contributed by atoms with Gasteiger partial charge in [-0.1, -0.05) is 49.7 Å². The monoisotopic (exact) mass is 286 g/mol. The van der Waals surface area contributed by atoms with Gasteiger partial charge in [-0.3, -0.25) is 4.79 Å². The molecular formula is C16H18N2OS. The Labute approximate surface area is 124 Å². The first-order chi connectivity index (χ1) is 9.70. The third kappa shape index (κ3) is 3.78. The summed E-state index contributed by atoms with van der Waals surface area (Å²) in [5.74, 6) is -0.0374. The maximum atomic E-state index is 11.6. The second-order valence-corrected chi connectivity index (χ2v) is 5.04. The topological polar surface area (TPSA) is 41.1 Å². The van der Waals surface area contributed by atoms with E-state index in [0.717, 1.165) is 29.3 Å². The lowest BCUT2D eigenvalue weighted by Crippen LogP contribution is -2.33. The van der Waals surface area contributed by atoms with Gasteiger partial charge in [-0.05, 0) is 30.1 Å². The second kappa shape index (κ2) is 7.01. The van der Waals surface area contributed by atoms with Crippen LogP contribution in [0.1, 0.15) is 26.2 Å². The summed E-state index contributed by atoms with van der Waals surface area (Å²) in [6.07, 6.45) is 2.38. The molecule has 104 valence electrons. The molecule has 2 rings (SSSR count). The quantitative estimate of drug-likeness (QED) is 0.839. The summed E-state index contributed by atoms with van der Waals surface area (Å²) in [5, 5.41) is 8.37. The SMILES string of the molecule is CCCCC(=O)NC(=S)Nc1cccc2ccccc12. The first-order valence-electron chi connectivity index (χ1n) is 6.79. The molecule has 0 aliphatic rings. The van der Waals surface area contributed by atoms with Crippen LogP contribution >= 0.6 is 12.2 Å². The molecule has 0 aliphatic heterocycles. The molecule has 0 heterocycles. The smallest absolute Gasteiger partial charge is 0.226 e. The number of carbonyl (C=O) groups is 1. The van der Waals surface area contributed by atoms with Gasteiger partial charge in [0.25, 0.3) is 0 Å². The molecule has 0 fully saturated rings. The van der Waals surface area contributed by atoms with Crippen molar-refractivity contribution in [3.8, 4) is 0 Å². The minimum absolute atomic E-state index is 0.0374. The van der Waals surface area contributed by atoms with E-state index in [-0.39, 0.29) is 5.91 Å². The second-order valence-electron chi connectivity index (χ2n) is 4.63. The van der Waals surface area contributed by atoms with E-state index in [1.54, 1.807) is 0 Å². The summed E-state index contributed by atoms with van der Waals surface area (Å²) in [4.78, 5) is 11.6. The van der Waals surface area contributed by atoms with E-state index in [1.807, 2.05) is 42.5 Å². The van der Waals surface area contributed by atoms with E-state index >= 15 is 0 Å². The van der Waals surface area contributed by atoms with E-state index in [4.69, 9.17) is 12.2 Å². The molecule has 0 spiro atoms. The van der Waals surface area contributed by atoms with Crippen molar-refractivity contribution >= 4 is 39.7 Å². The Morgan fingerprint density at radius 1 is 1.15 bits per heavy atom. The highest BCUT2D eigenvalue weighted by molar-refractivity contribution is 7.80. The average molecular weight is 286 g/mol. The van der Waals surface area contributed by atoms with Gasteiger partial charge in [0.15, 0.2) is 5.11 Å². The number of nitrogens with one attached hydrogen (secondary N) is 2. The highest BCUT2D eigenvalue weighted by atomic mass is 32.1. The normalized spacial score (nSPS) is 10.2. The van der Waals surface area contributed by atoms with Crippen LogP contribution in [0, 0.1) is 0 Å². The summed E-state index contributed by atoms with van der Waals surface area (Å²) in [7, 11) is 0. The summed E-state index contributed by atoms with van der Waals surface area (Å²) in [5.41, 5.74) is 0.906. The average Bonchev–Trinajstić information content (AvgIpc) is 2.45. The van der Waals surface area contributed by atoms with Crippen LogP contribution in [-0.4, -0.2) is 11.0 Å². The zero-order chi connectivity index (χ0) is 14.4. The maximum Gasteiger partial charge on any atom is 0.226 e. The molecule has 2 aromatic rings. The maximum absolute atomic E-state index is 11.6. The number of thiocarbonyl (C=S) groups is 1. The van der Waals surface area contributed by atoms with Gasteiger partial charge in [0.2, 0.25) is 5.91 Å². The fourth-order valence-electron chi connectivity index (χ4n) is 2.01. The standard InChI is InChI=1S/C16H18N2OS/c1-2-3-11-15(19)18-16(20)17-14-10-6-8-12-7-4-5-9-13(12)14/h4-10H,2-3,11H2,1H3,(H2,17,18,19,20). The van der Waals surface area contributed by atoms with E-state index in [0.29, 0.717) is 11.5 Å². The molecule has 2 aromatic carbocycles. The van der Waals surface area contributed by atoms with Gasteiger partial charge in [0.05, 0.1) is 0 Å². The van der Waals surface area contributed by atoms with Crippen LogP contribution in [0.3, 0.4) is 0 Å². The van der Waals surface area contributed by atoms with Crippen molar-refractivity contribution < 1.29 is 4.79 Å². The van der Waals surface area contributed by atoms with E-state index in [2.05, 4.69) is 17.6 Å². The summed E-state index contributed by atoms with van der Waals surface area (Å²) in [6.45, 7) is 2.06. The van der Waals surface area contributed by atoms with Crippen molar-refractivity contribution in [2.45, 2.75) is 26.2 Å². The minimum atomic E-state index is -0.0374. The highest BCUT2D eigenvalue weighted by Crippen LogP contribution is 2.22. The molecule has 0 saturated heterocycles. The number of anilines is 1. The van der Waals surface area contributed by atoms with E-state index in [9.17, 15) is 4.79 Å². The van der Waals surface area contributed by atoms with Crippen LogP contribution < -0.4 is 10.6 Å². The largest absolute Gasteiger partial charge is 0.332 e. The van der Waals surface area contributed by atoms with Crippen LogP contribution in [0.2, 0.25) is 0 Å². The number of benzene rings is 2. The van der Waals surface area contributed by atoms with Crippen molar-refractivity contribution in [3.05, 3.63) is 42.5 Å². The molecular weight excluding hydrogens is 268 g/mol. The predicted molar refractivity (Wildman–Crippen MR) is 87.8 cm³/mol. The summed E-state index contributed by atoms with van der Waals surface area (Å²) < 4.78 is 0. The van der Waals surface area contributed by atoms with Crippen LogP contribution in [0.5, 0.6) is 0 Å². The highest BCUT2D eigenvalue weighted by Gasteiger charge is 2.06. The van der Waals surface area contributed by atoms with Crippen molar-refractivity contribution in [3.63, 3.8) is 0 Å². The number of fused-ring (bicyclic) bond motifs is 1. The predicted octanol–water partition coefficient (Wildman–Crippen LogP) is 3.84. The number of carbonyl (C=O) groups excluding carboxylic acids is 1. The van der Waals surface area contributed by atoms with Crippen LogP contribution in [0.25, 0.3) is 10.8 Å². The Morgan fingerprint density at radius 3 is 2.70 bits per heavy atom. The van der Waals surface area contributed by atoms with Crippen LogP contribution in [-0.2, 0) is 4.79 Å². The van der Waals surface area contributed by atoms with Crippen molar-refractivity contribution in [1.82, 2.24) is 5.32 Å². The Kier molecular flexibility index (Phi) is 5.07. The van der Waals surface area contributed by atoms with E-state index < -0.39 is 0 Å². The third-order valence-electron chi connectivity index (χ3n) is 3.05. The molecule has 20 heavy (non-hydrogen) atoms. The Morgan fingerprint density at radius 2 is 1.90 bits per heavy atom. The molecule has 4 heteroatoms. The van der Waals surface area contributed by atoms with Gasteiger partial charge < -0.3 is 10.6 Å². The van der Waals surface area contributed by atoms with Crippen molar-refractivity contribution in [2.75, 3.05) is 5.32 Å². The number of hydrogen-bond donors (Lipinski definition) is 2. The Bertz CT molecular complexity index is 619. The van der Waals surface area contributed by atoms with Gasteiger partial charge in [-0.25, -0.2) is 0 Å². The first-order valence-corrected chi connectivity index (χ1v) is 7.20. The third-order valence-corrected chi connectivity index (χ3v) is 3.25. The molecule has 0 bridgehead atoms. The molecule has 3 nitrogen and oxygen atoms in total. The number of rotatable bonds is 4. The lowest BCUT2D eigenvalue weighted by molar-refractivity contribution is -0.119. The molecule has 1 amide bonds. The zero-order valence-electron chi connectivity index (χ0n) is 11.5. The van der Waals surface area contributed by atoms with Gasteiger partial charge in [-0.15, -0.1) is 0 Å². The molecule has 0 saturated carbocycles. The van der Waals surface area contributed by atoms with Crippen molar-refractivity contribution in [2.24, 2.45) is 0 Å². The number of unbranched alkanes of at least 4 members (excludes halogenated alkanes) is 1. The molecule has 0 atom stereocenters. The van der Waals surface area contributed by atoms with E-state index in [1.165, 1.54) is 0 Å². The van der Waals surface area contributed by atoms with Gasteiger partial charge in [0.1, 0.15) is 0 Å². The molecule has 0 unspecified atom stereocenters. The lowest BCUT2D eigenvalue weighted by Gasteiger charge is -2.11. The van der Waals surface area contributed by atoms with Crippen molar-refractivity contribution in [1.29, 1.82) is 0 Å². The van der Waals surface area contributed by atoms with Gasteiger partial charge in [0, 0.05) is 17.5 Å². The molecule has 0 aliphatic carbocycles. The van der Waals surface area contributed by atoms with Gasteiger partial charge >= 0.3 is 0 Å². The van der Waals surface area contributed by atoms with Crippen LogP contribution in [0.4, 0.5) is 5.69 Å². The minimum Gasteiger partial charge on any atom is -0.332 e. The zero-order valence-corrected chi connectivity index (χ0v) is 12.3. The molecule has 2 N–H and O–H groups in total. The van der Waals surface area contributed by atoms with Gasteiger partial charge in [-0.2, -0.15) is 0 Å². The number of hydrogen-bond acceptors (Lipinski definition) is 2. The molecule has 0 aromatic heterocycles.